The standard InChI is InChI=1S/C10H11BrN4OS/c1-2-6(12)7-10(16)13-9(15-14-7)8-5(11)3-4-17-8/h3-4,6H,2,12H2,1H3,(H,13,15,16). The molecule has 0 aliphatic rings. The van der Waals surface area contributed by atoms with Gasteiger partial charge < -0.3 is 10.7 Å². The zero-order chi connectivity index (χ0) is 12.4. The molecule has 0 fully saturated rings. The first-order valence-electron chi connectivity index (χ1n) is 5.09. The Morgan fingerprint density at radius 3 is 2.88 bits per heavy atom. The van der Waals surface area contributed by atoms with Gasteiger partial charge in [-0.1, -0.05) is 6.92 Å². The molecule has 3 N–H and O–H groups in total. The summed E-state index contributed by atoms with van der Waals surface area (Å²) in [5.74, 6) is 0.462. The summed E-state index contributed by atoms with van der Waals surface area (Å²) >= 11 is 4.87. The first-order chi connectivity index (χ1) is 8.13. The summed E-state index contributed by atoms with van der Waals surface area (Å²) < 4.78 is 0.889. The van der Waals surface area contributed by atoms with Crippen LogP contribution in [0.5, 0.6) is 0 Å². The van der Waals surface area contributed by atoms with E-state index in [2.05, 4.69) is 31.1 Å². The molecule has 2 aromatic rings. The van der Waals surface area contributed by atoms with E-state index < -0.39 is 0 Å². The fourth-order valence-electron chi connectivity index (χ4n) is 1.35. The van der Waals surface area contributed by atoms with Gasteiger partial charge in [-0.3, -0.25) is 4.79 Å². The number of aromatic amines is 1. The molecule has 90 valence electrons. The SMILES string of the molecule is CCC(N)c1nnc(-c2sccc2Br)[nH]c1=O. The molecule has 7 heteroatoms. The van der Waals surface area contributed by atoms with Crippen molar-refractivity contribution in [3.05, 3.63) is 32.0 Å². The van der Waals surface area contributed by atoms with Gasteiger partial charge in [-0.05, 0) is 33.8 Å². The summed E-state index contributed by atoms with van der Waals surface area (Å²) in [6.07, 6.45) is 0.653. The van der Waals surface area contributed by atoms with Crippen molar-refractivity contribution >= 4 is 27.3 Å². The Morgan fingerprint density at radius 2 is 2.35 bits per heavy atom. The summed E-state index contributed by atoms with van der Waals surface area (Å²) in [6.45, 7) is 1.90. The quantitative estimate of drug-likeness (QED) is 0.908. The van der Waals surface area contributed by atoms with Crippen LogP contribution >= 0.6 is 27.3 Å². The highest BCUT2D eigenvalue weighted by Gasteiger charge is 2.14. The van der Waals surface area contributed by atoms with Crippen LogP contribution in [0.4, 0.5) is 0 Å². The Kier molecular flexibility index (Phi) is 3.70. The van der Waals surface area contributed by atoms with Gasteiger partial charge in [-0.15, -0.1) is 21.5 Å². The Balaban J connectivity index is 2.45. The van der Waals surface area contributed by atoms with E-state index in [0.717, 1.165) is 9.35 Å². The van der Waals surface area contributed by atoms with Crippen molar-refractivity contribution in [2.75, 3.05) is 0 Å². The minimum Gasteiger partial charge on any atom is -0.322 e. The molecule has 0 spiro atoms. The van der Waals surface area contributed by atoms with Gasteiger partial charge in [0.15, 0.2) is 5.82 Å². The van der Waals surface area contributed by atoms with Gasteiger partial charge in [0.2, 0.25) is 0 Å². The maximum atomic E-state index is 11.8. The topological polar surface area (TPSA) is 84.7 Å². The van der Waals surface area contributed by atoms with Crippen molar-refractivity contribution in [3.8, 4) is 10.7 Å². The summed E-state index contributed by atoms with van der Waals surface area (Å²) in [6, 6.07) is 1.53. The molecule has 0 aromatic carbocycles. The Hall–Kier alpha value is -1.05. The number of nitrogens with two attached hydrogens (primary N) is 1. The lowest BCUT2D eigenvalue weighted by Gasteiger charge is -2.06. The number of hydrogen-bond acceptors (Lipinski definition) is 5. The monoisotopic (exact) mass is 314 g/mol. The maximum absolute atomic E-state index is 11.8. The molecule has 2 heterocycles. The van der Waals surface area contributed by atoms with Crippen molar-refractivity contribution in [1.82, 2.24) is 15.2 Å². The van der Waals surface area contributed by atoms with E-state index in [4.69, 9.17) is 5.73 Å². The van der Waals surface area contributed by atoms with E-state index in [1.807, 2.05) is 18.4 Å². The summed E-state index contributed by atoms with van der Waals surface area (Å²) in [5.41, 5.74) is 5.77. The third kappa shape index (κ3) is 2.46. The van der Waals surface area contributed by atoms with Crippen LogP contribution in [0.15, 0.2) is 20.7 Å². The molecule has 2 rings (SSSR count). The largest absolute Gasteiger partial charge is 0.322 e. The van der Waals surface area contributed by atoms with Crippen LogP contribution in [0.2, 0.25) is 0 Å². The number of rotatable bonds is 3. The summed E-state index contributed by atoms with van der Waals surface area (Å²) in [7, 11) is 0. The molecule has 17 heavy (non-hydrogen) atoms. The molecule has 0 bridgehead atoms. The minimum absolute atomic E-state index is 0.273. The van der Waals surface area contributed by atoms with Crippen LogP contribution in [0, 0.1) is 0 Å². The smallest absolute Gasteiger partial charge is 0.274 e. The number of nitrogens with one attached hydrogen (secondary N) is 1. The second kappa shape index (κ2) is 5.07. The van der Waals surface area contributed by atoms with E-state index in [1.165, 1.54) is 11.3 Å². The lowest BCUT2D eigenvalue weighted by atomic mass is 10.2. The van der Waals surface area contributed by atoms with Crippen LogP contribution in [0.3, 0.4) is 0 Å². The number of H-pyrrole nitrogens is 1. The Labute approximate surface area is 110 Å². The molecule has 2 aromatic heterocycles. The molecular formula is C10H11BrN4OS. The molecule has 0 saturated carbocycles. The van der Waals surface area contributed by atoms with Crippen molar-refractivity contribution in [2.45, 2.75) is 19.4 Å². The lowest BCUT2D eigenvalue weighted by Crippen LogP contribution is -2.24. The van der Waals surface area contributed by atoms with E-state index in [9.17, 15) is 4.79 Å². The van der Waals surface area contributed by atoms with Crippen LogP contribution in [0.1, 0.15) is 25.1 Å². The van der Waals surface area contributed by atoms with Gasteiger partial charge in [0.25, 0.3) is 5.56 Å². The molecule has 0 saturated heterocycles. The molecule has 0 amide bonds. The fraction of sp³-hybridized carbons (Fsp3) is 0.300. The van der Waals surface area contributed by atoms with E-state index >= 15 is 0 Å². The number of halogens is 1. The van der Waals surface area contributed by atoms with Crippen LogP contribution in [0.25, 0.3) is 10.7 Å². The highest BCUT2D eigenvalue weighted by Crippen LogP contribution is 2.30. The van der Waals surface area contributed by atoms with Crippen molar-refractivity contribution in [2.24, 2.45) is 5.73 Å². The second-order valence-electron chi connectivity index (χ2n) is 3.50. The number of nitrogens with zero attached hydrogens (tertiary/aromatic N) is 2. The zero-order valence-electron chi connectivity index (χ0n) is 9.11. The van der Waals surface area contributed by atoms with Crippen LogP contribution in [-0.4, -0.2) is 15.2 Å². The first kappa shape index (κ1) is 12.4. The van der Waals surface area contributed by atoms with Gasteiger partial charge in [0.05, 0.1) is 10.9 Å². The third-order valence-electron chi connectivity index (χ3n) is 2.35. The summed E-state index contributed by atoms with van der Waals surface area (Å²) in [4.78, 5) is 15.4. The average Bonchev–Trinajstić information content (AvgIpc) is 2.74. The molecule has 0 radical (unpaired) electrons. The number of hydrogen-bond donors (Lipinski definition) is 2. The number of aromatic nitrogens is 3. The minimum atomic E-state index is -0.368. The van der Waals surface area contributed by atoms with Crippen molar-refractivity contribution in [1.29, 1.82) is 0 Å². The highest BCUT2D eigenvalue weighted by molar-refractivity contribution is 9.10. The normalized spacial score (nSPS) is 12.6. The molecular weight excluding hydrogens is 304 g/mol. The molecule has 1 atom stereocenters. The lowest BCUT2D eigenvalue weighted by molar-refractivity contribution is 0.645. The van der Waals surface area contributed by atoms with E-state index in [-0.39, 0.29) is 17.3 Å². The van der Waals surface area contributed by atoms with E-state index in [0.29, 0.717) is 12.2 Å². The second-order valence-corrected chi connectivity index (χ2v) is 5.27. The van der Waals surface area contributed by atoms with Crippen molar-refractivity contribution in [3.63, 3.8) is 0 Å². The fourth-order valence-corrected chi connectivity index (χ4v) is 2.85. The zero-order valence-corrected chi connectivity index (χ0v) is 11.5. The first-order valence-corrected chi connectivity index (χ1v) is 6.76. The Bertz CT molecular complexity index is 580. The molecule has 0 aliphatic carbocycles. The predicted octanol–water partition coefficient (Wildman–Crippen LogP) is 2.07. The van der Waals surface area contributed by atoms with E-state index in [1.54, 1.807) is 0 Å². The molecule has 5 nitrogen and oxygen atoms in total. The molecule has 1 unspecified atom stereocenters. The van der Waals surface area contributed by atoms with Gasteiger partial charge in [0.1, 0.15) is 5.69 Å². The molecule has 0 aliphatic heterocycles. The summed E-state index contributed by atoms with van der Waals surface area (Å²) in [5, 5.41) is 9.83. The predicted molar refractivity (Wildman–Crippen MR) is 70.9 cm³/mol. The number of thiophene rings is 1. The Morgan fingerprint density at radius 1 is 1.59 bits per heavy atom. The van der Waals surface area contributed by atoms with Gasteiger partial charge in [0, 0.05) is 4.47 Å². The van der Waals surface area contributed by atoms with Gasteiger partial charge in [-0.25, -0.2) is 0 Å². The maximum Gasteiger partial charge on any atom is 0.274 e. The highest BCUT2D eigenvalue weighted by atomic mass is 79.9. The average molecular weight is 315 g/mol. The van der Waals surface area contributed by atoms with Gasteiger partial charge in [-0.2, -0.15) is 0 Å². The van der Waals surface area contributed by atoms with Crippen LogP contribution in [-0.2, 0) is 0 Å². The van der Waals surface area contributed by atoms with Gasteiger partial charge >= 0.3 is 0 Å². The van der Waals surface area contributed by atoms with Crippen LogP contribution < -0.4 is 11.3 Å². The van der Waals surface area contributed by atoms with Crippen molar-refractivity contribution < 1.29 is 0 Å². The third-order valence-corrected chi connectivity index (χ3v) is 4.19.